The van der Waals surface area contributed by atoms with Crippen LogP contribution in [0.4, 0.5) is 13.2 Å². The largest absolute Gasteiger partial charge is 0.397 e. The topological polar surface area (TPSA) is 29.5 Å². The van der Waals surface area contributed by atoms with Gasteiger partial charge in [0.25, 0.3) is 0 Å². The van der Waals surface area contributed by atoms with E-state index >= 15 is 0 Å². The third-order valence-corrected chi connectivity index (χ3v) is 5.34. The maximum atomic E-state index is 13.8. The number of halogens is 3. The zero-order valence-electron chi connectivity index (χ0n) is 12.9. The molecule has 1 aliphatic carbocycles. The second-order valence-corrected chi connectivity index (χ2v) is 6.94. The molecule has 1 saturated carbocycles. The van der Waals surface area contributed by atoms with E-state index in [1.807, 2.05) is 6.92 Å². The molecule has 0 spiro atoms. The molecule has 0 bridgehead atoms. The molecule has 1 N–H and O–H groups in total. The Hall–Kier alpha value is -0.290. The summed E-state index contributed by atoms with van der Waals surface area (Å²) in [5, 5.41) is 9.22. The van der Waals surface area contributed by atoms with Crippen LogP contribution in [0.3, 0.4) is 0 Å². The highest BCUT2D eigenvalue weighted by Crippen LogP contribution is 2.56. The summed E-state index contributed by atoms with van der Waals surface area (Å²) in [5.74, 6) is -0.487. The van der Waals surface area contributed by atoms with E-state index in [4.69, 9.17) is 0 Å². The van der Waals surface area contributed by atoms with Crippen LogP contribution < -0.4 is 0 Å². The van der Waals surface area contributed by atoms with Crippen molar-refractivity contribution < 1.29 is 23.3 Å². The van der Waals surface area contributed by atoms with Gasteiger partial charge in [0, 0.05) is 0 Å². The van der Waals surface area contributed by atoms with Crippen LogP contribution in [0.25, 0.3) is 0 Å². The Bertz CT molecular complexity index is 309. The summed E-state index contributed by atoms with van der Waals surface area (Å²) in [4.78, 5) is 4.43. The minimum Gasteiger partial charge on any atom is -0.251 e. The quantitative estimate of drug-likeness (QED) is 0.541. The number of hydrogen-bond acceptors (Lipinski definition) is 2. The molecule has 0 aromatic rings. The van der Waals surface area contributed by atoms with Crippen molar-refractivity contribution in [3.63, 3.8) is 0 Å². The van der Waals surface area contributed by atoms with Crippen LogP contribution in [0.5, 0.6) is 0 Å². The second kappa shape index (κ2) is 6.22. The van der Waals surface area contributed by atoms with E-state index in [0.29, 0.717) is 19.3 Å². The van der Waals surface area contributed by atoms with Crippen molar-refractivity contribution in [2.24, 2.45) is 16.7 Å². The summed E-state index contributed by atoms with van der Waals surface area (Å²) in [6, 6.07) is 0. The molecule has 0 aromatic heterocycles. The molecule has 2 unspecified atom stereocenters. The van der Waals surface area contributed by atoms with Gasteiger partial charge in [0.1, 0.15) is 6.10 Å². The van der Waals surface area contributed by atoms with Crippen LogP contribution in [0, 0.1) is 16.7 Å². The van der Waals surface area contributed by atoms with Crippen molar-refractivity contribution in [1.29, 1.82) is 0 Å². The third kappa shape index (κ3) is 3.14. The van der Waals surface area contributed by atoms with Crippen molar-refractivity contribution in [1.82, 2.24) is 0 Å². The summed E-state index contributed by atoms with van der Waals surface area (Å²) >= 11 is 0. The van der Waals surface area contributed by atoms with Crippen LogP contribution in [0.15, 0.2) is 0 Å². The van der Waals surface area contributed by atoms with E-state index < -0.39 is 29.0 Å². The standard InChI is InChI=1S/C15H27F3O2/c1-5-13(2,3)12(20-19)14(4,15(16,17)18)11-9-7-6-8-10-11/h11-12,19H,5-10H2,1-4H3. The van der Waals surface area contributed by atoms with Crippen molar-refractivity contribution >= 4 is 0 Å². The van der Waals surface area contributed by atoms with Gasteiger partial charge in [0.2, 0.25) is 0 Å². The molecule has 1 rings (SSSR count). The molecule has 0 amide bonds. The number of alkyl halides is 3. The van der Waals surface area contributed by atoms with Crippen molar-refractivity contribution in [2.75, 3.05) is 0 Å². The fraction of sp³-hybridized carbons (Fsp3) is 1.00. The van der Waals surface area contributed by atoms with E-state index in [1.165, 1.54) is 6.92 Å². The second-order valence-electron chi connectivity index (χ2n) is 6.94. The number of rotatable bonds is 5. The molecule has 2 atom stereocenters. The molecule has 0 saturated heterocycles. The average molecular weight is 296 g/mol. The first-order chi connectivity index (χ1) is 9.11. The molecular formula is C15H27F3O2. The van der Waals surface area contributed by atoms with E-state index in [-0.39, 0.29) is 0 Å². The Labute approximate surface area is 119 Å². The minimum atomic E-state index is -4.39. The van der Waals surface area contributed by atoms with Crippen LogP contribution in [0.1, 0.15) is 66.2 Å². The maximum absolute atomic E-state index is 13.8. The summed E-state index contributed by atoms with van der Waals surface area (Å²) in [6.45, 7) is 6.49. The van der Waals surface area contributed by atoms with Gasteiger partial charge in [-0.1, -0.05) is 40.0 Å². The lowest BCUT2D eigenvalue weighted by Crippen LogP contribution is -2.57. The average Bonchev–Trinajstić information content (AvgIpc) is 2.38. The van der Waals surface area contributed by atoms with Gasteiger partial charge in [-0.05, 0) is 37.5 Å². The Morgan fingerprint density at radius 3 is 1.95 bits per heavy atom. The maximum Gasteiger partial charge on any atom is 0.397 e. The molecule has 2 nitrogen and oxygen atoms in total. The molecule has 0 heterocycles. The van der Waals surface area contributed by atoms with Crippen LogP contribution >= 0.6 is 0 Å². The zero-order chi connectivity index (χ0) is 15.6. The van der Waals surface area contributed by atoms with E-state index in [1.54, 1.807) is 13.8 Å². The first-order valence-electron chi connectivity index (χ1n) is 7.48. The lowest BCUT2D eigenvalue weighted by atomic mass is 9.60. The fourth-order valence-corrected chi connectivity index (χ4v) is 3.55. The van der Waals surface area contributed by atoms with Gasteiger partial charge >= 0.3 is 6.18 Å². The Balaban J connectivity index is 3.22. The van der Waals surface area contributed by atoms with E-state index in [2.05, 4.69) is 4.89 Å². The summed E-state index contributed by atoms with van der Waals surface area (Å²) in [7, 11) is 0. The summed E-state index contributed by atoms with van der Waals surface area (Å²) in [6.07, 6.45) is -1.39. The van der Waals surface area contributed by atoms with Gasteiger partial charge < -0.3 is 0 Å². The van der Waals surface area contributed by atoms with Crippen molar-refractivity contribution in [3.8, 4) is 0 Å². The van der Waals surface area contributed by atoms with Gasteiger partial charge in [-0.3, -0.25) is 5.26 Å². The normalized spacial score (nSPS) is 23.4. The zero-order valence-corrected chi connectivity index (χ0v) is 12.9. The Morgan fingerprint density at radius 1 is 1.10 bits per heavy atom. The number of hydrogen-bond donors (Lipinski definition) is 1. The van der Waals surface area contributed by atoms with Crippen LogP contribution in [0.2, 0.25) is 0 Å². The lowest BCUT2D eigenvalue weighted by molar-refractivity contribution is -0.379. The van der Waals surface area contributed by atoms with Gasteiger partial charge in [-0.15, -0.1) is 0 Å². The highest BCUT2D eigenvalue weighted by atomic mass is 19.4. The van der Waals surface area contributed by atoms with Crippen molar-refractivity contribution in [3.05, 3.63) is 0 Å². The van der Waals surface area contributed by atoms with Crippen molar-refractivity contribution in [2.45, 2.75) is 78.5 Å². The fourth-order valence-electron chi connectivity index (χ4n) is 3.55. The van der Waals surface area contributed by atoms with E-state index in [0.717, 1.165) is 19.3 Å². The molecule has 20 heavy (non-hydrogen) atoms. The molecule has 1 fully saturated rings. The molecular weight excluding hydrogens is 269 g/mol. The van der Waals surface area contributed by atoms with E-state index in [9.17, 15) is 18.4 Å². The molecule has 1 aliphatic rings. The molecule has 0 aromatic carbocycles. The summed E-state index contributed by atoms with van der Waals surface area (Å²) < 4.78 is 41.4. The van der Waals surface area contributed by atoms with Gasteiger partial charge in [-0.2, -0.15) is 13.2 Å². The molecule has 0 aliphatic heterocycles. The van der Waals surface area contributed by atoms with Crippen LogP contribution in [-0.4, -0.2) is 17.5 Å². The van der Waals surface area contributed by atoms with Gasteiger partial charge in [0.05, 0.1) is 5.41 Å². The first kappa shape index (κ1) is 17.8. The SMILES string of the molecule is CCC(C)(C)C(OO)C(C)(C1CCCCC1)C(F)(F)F. The highest BCUT2D eigenvalue weighted by molar-refractivity contribution is 5.00. The predicted molar refractivity (Wildman–Crippen MR) is 72.3 cm³/mol. The molecule has 0 radical (unpaired) electrons. The minimum absolute atomic E-state index is 0.487. The highest BCUT2D eigenvalue weighted by Gasteiger charge is 2.63. The lowest BCUT2D eigenvalue weighted by Gasteiger charge is -2.49. The van der Waals surface area contributed by atoms with Gasteiger partial charge in [0.15, 0.2) is 0 Å². The Morgan fingerprint density at radius 2 is 1.60 bits per heavy atom. The Kier molecular flexibility index (Phi) is 5.53. The molecule has 5 heteroatoms. The van der Waals surface area contributed by atoms with Gasteiger partial charge in [-0.25, -0.2) is 4.89 Å². The predicted octanol–water partition coefficient (Wildman–Crippen LogP) is 5.43. The molecule has 120 valence electrons. The monoisotopic (exact) mass is 296 g/mol. The smallest absolute Gasteiger partial charge is 0.251 e. The third-order valence-electron chi connectivity index (χ3n) is 5.34. The van der Waals surface area contributed by atoms with Crippen LogP contribution in [-0.2, 0) is 4.89 Å². The first-order valence-corrected chi connectivity index (χ1v) is 7.48. The summed E-state index contributed by atoms with van der Waals surface area (Å²) in [5.41, 5.74) is -2.75.